The largest absolute Gasteiger partial charge is 0.376 e. The van der Waals surface area contributed by atoms with Gasteiger partial charge in [0.15, 0.2) is 5.82 Å². The van der Waals surface area contributed by atoms with Crippen molar-refractivity contribution in [3.05, 3.63) is 71.1 Å². The Balaban J connectivity index is 1.53. The molecule has 0 bridgehead atoms. The number of nitrogens with one attached hydrogen (secondary N) is 2. The second kappa shape index (κ2) is 11.4. The number of anilines is 2. The van der Waals surface area contributed by atoms with Gasteiger partial charge in [-0.1, -0.05) is 26.8 Å². The van der Waals surface area contributed by atoms with E-state index in [-0.39, 0.29) is 22.8 Å². The quantitative estimate of drug-likeness (QED) is 0.241. The highest BCUT2D eigenvalue weighted by molar-refractivity contribution is 7.92. The third-order valence-electron chi connectivity index (χ3n) is 6.35. The summed E-state index contributed by atoms with van der Waals surface area (Å²) in [5.41, 5.74) is -0.0386. The van der Waals surface area contributed by atoms with E-state index in [9.17, 15) is 17.2 Å². The third-order valence-corrected chi connectivity index (χ3v) is 9.23. The van der Waals surface area contributed by atoms with E-state index in [2.05, 4.69) is 15.3 Å². The molecule has 1 fully saturated rings. The molecular weight excluding hydrogens is 575 g/mol. The lowest BCUT2D eigenvalue weighted by molar-refractivity contribution is 0.120. The molecule has 0 radical (unpaired) electrons. The van der Waals surface area contributed by atoms with Crippen LogP contribution in [-0.2, 0) is 20.2 Å². The molecule has 0 amide bonds. The van der Waals surface area contributed by atoms with Gasteiger partial charge in [0.1, 0.15) is 16.5 Å². The predicted molar refractivity (Wildman–Crippen MR) is 152 cm³/mol. The molecular formula is C28H28F3N5O3S2. The fraction of sp³-hybridized carbons (Fsp3) is 0.321. The minimum atomic E-state index is -4.65. The van der Waals surface area contributed by atoms with Crippen molar-refractivity contribution in [2.45, 2.75) is 50.0 Å². The van der Waals surface area contributed by atoms with E-state index < -0.39 is 38.1 Å². The molecule has 2 aromatic carbocycles. The first kappa shape index (κ1) is 29.0. The maximum absolute atomic E-state index is 16.0. The summed E-state index contributed by atoms with van der Waals surface area (Å²) < 4.78 is 77.3. The first-order chi connectivity index (χ1) is 19.4. The van der Waals surface area contributed by atoms with E-state index in [1.807, 2.05) is 25.5 Å². The molecule has 4 aromatic rings. The molecule has 1 saturated heterocycles. The van der Waals surface area contributed by atoms with Crippen LogP contribution < -0.4 is 10.0 Å². The SMILES string of the molecule is CC(C)(C)c1nc(-c2cccc(NS(=O)(=O)c3cc(F)ccc3F)c2F)c(-c2ccnc(NCC3CCCO3)n2)s1. The fourth-order valence-electron chi connectivity index (χ4n) is 4.25. The van der Waals surface area contributed by atoms with Crippen molar-refractivity contribution < 1.29 is 26.3 Å². The van der Waals surface area contributed by atoms with E-state index in [0.29, 0.717) is 40.2 Å². The Labute approximate surface area is 240 Å². The Morgan fingerprint density at radius 3 is 2.63 bits per heavy atom. The number of hydrogen-bond acceptors (Lipinski definition) is 8. The van der Waals surface area contributed by atoms with Gasteiger partial charge in [-0.25, -0.2) is 36.5 Å². The average Bonchev–Trinajstić information content (AvgIpc) is 3.61. The molecule has 1 unspecified atom stereocenters. The maximum Gasteiger partial charge on any atom is 0.265 e. The van der Waals surface area contributed by atoms with Crippen LogP contribution >= 0.6 is 11.3 Å². The van der Waals surface area contributed by atoms with Crippen molar-refractivity contribution in [1.29, 1.82) is 0 Å². The molecule has 5 rings (SSSR count). The monoisotopic (exact) mass is 603 g/mol. The summed E-state index contributed by atoms with van der Waals surface area (Å²) in [7, 11) is -4.65. The minimum absolute atomic E-state index is 0.0131. The van der Waals surface area contributed by atoms with E-state index in [1.165, 1.54) is 29.5 Å². The zero-order valence-corrected chi connectivity index (χ0v) is 24.2. The van der Waals surface area contributed by atoms with Gasteiger partial charge in [-0.05, 0) is 49.2 Å². The standard InChI is InChI=1S/C28H28F3N5O3S2/c1-28(2,3)26-35-24(25(40-26)21-11-12-32-27(34-21)33-15-17-6-5-13-39-17)18-7-4-8-20(23(18)31)36-41(37,38)22-14-16(29)9-10-19(22)30/h4,7-12,14,17,36H,5-6,13,15H2,1-3H3,(H,32,33,34). The van der Waals surface area contributed by atoms with Crippen LogP contribution in [0.5, 0.6) is 0 Å². The lowest BCUT2D eigenvalue weighted by atomic mass is 9.98. The Kier molecular flexibility index (Phi) is 8.04. The maximum atomic E-state index is 16.0. The van der Waals surface area contributed by atoms with Gasteiger partial charge in [0.25, 0.3) is 10.0 Å². The Morgan fingerprint density at radius 1 is 1.10 bits per heavy atom. The summed E-state index contributed by atoms with van der Waals surface area (Å²) in [6.07, 6.45) is 3.63. The minimum Gasteiger partial charge on any atom is -0.376 e. The molecule has 1 aliphatic rings. The second-order valence-electron chi connectivity index (χ2n) is 10.6. The number of sulfonamides is 1. The van der Waals surface area contributed by atoms with Gasteiger partial charge in [0, 0.05) is 30.3 Å². The van der Waals surface area contributed by atoms with Crippen molar-refractivity contribution in [2.24, 2.45) is 0 Å². The number of aromatic nitrogens is 3. The fourth-order valence-corrected chi connectivity index (χ4v) is 6.51. The van der Waals surface area contributed by atoms with Gasteiger partial charge in [-0.3, -0.25) is 4.72 Å². The summed E-state index contributed by atoms with van der Waals surface area (Å²) in [6, 6.07) is 7.83. The van der Waals surface area contributed by atoms with Gasteiger partial charge in [0.2, 0.25) is 5.95 Å². The van der Waals surface area contributed by atoms with Crippen LogP contribution in [0.2, 0.25) is 0 Å². The van der Waals surface area contributed by atoms with Gasteiger partial charge >= 0.3 is 0 Å². The molecule has 2 N–H and O–H groups in total. The van der Waals surface area contributed by atoms with E-state index >= 15 is 4.39 Å². The van der Waals surface area contributed by atoms with E-state index in [4.69, 9.17) is 9.72 Å². The smallest absolute Gasteiger partial charge is 0.265 e. The summed E-state index contributed by atoms with van der Waals surface area (Å²) in [5.74, 6) is -2.66. The molecule has 0 saturated carbocycles. The van der Waals surface area contributed by atoms with Gasteiger partial charge in [0.05, 0.1) is 33.1 Å². The topological polar surface area (TPSA) is 106 Å². The number of hydrogen-bond donors (Lipinski definition) is 2. The van der Waals surface area contributed by atoms with Crippen molar-refractivity contribution >= 4 is 33.0 Å². The molecule has 2 aromatic heterocycles. The van der Waals surface area contributed by atoms with Crippen molar-refractivity contribution in [2.75, 3.05) is 23.2 Å². The van der Waals surface area contributed by atoms with E-state index in [0.717, 1.165) is 25.5 Å². The van der Waals surface area contributed by atoms with Crippen LogP contribution in [0.25, 0.3) is 21.8 Å². The lowest BCUT2D eigenvalue weighted by Crippen LogP contribution is -2.19. The van der Waals surface area contributed by atoms with Gasteiger partial charge in [-0.2, -0.15) is 0 Å². The first-order valence-corrected chi connectivity index (χ1v) is 15.2. The summed E-state index contributed by atoms with van der Waals surface area (Å²) in [5, 5.41) is 3.90. The van der Waals surface area contributed by atoms with Crippen LogP contribution in [0.15, 0.2) is 53.6 Å². The Hall–Kier alpha value is -3.55. The molecule has 216 valence electrons. The first-order valence-electron chi connectivity index (χ1n) is 12.9. The lowest BCUT2D eigenvalue weighted by Gasteiger charge is -2.14. The molecule has 1 atom stereocenters. The summed E-state index contributed by atoms with van der Waals surface area (Å²) in [6.45, 7) is 7.20. The number of nitrogens with zero attached hydrogens (tertiary/aromatic N) is 3. The molecule has 41 heavy (non-hydrogen) atoms. The number of thiazole rings is 1. The highest BCUT2D eigenvalue weighted by Crippen LogP contribution is 2.42. The number of rotatable bonds is 8. The highest BCUT2D eigenvalue weighted by atomic mass is 32.2. The molecule has 1 aliphatic heterocycles. The summed E-state index contributed by atoms with van der Waals surface area (Å²) >= 11 is 1.34. The Bertz CT molecular complexity index is 1680. The predicted octanol–water partition coefficient (Wildman–Crippen LogP) is 6.37. The van der Waals surface area contributed by atoms with Crippen LogP contribution in [0.3, 0.4) is 0 Å². The molecule has 0 spiro atoms. The molecule has 0 aliphatic carbocycles. The number of halogens is 3. The van der Waals surface area contributed by atoms with Crippen LogP contribution in [-0.4, -0.2) is 42.6 Å². The van der Waals surface area contributed by atoms with Crippen molar-refractivity contribution in [3.63, 3.8) is 0 Å². The van der Waals surface area contributed by atoms with Gasteiger partial charge < -0.3 is 10.1 Å². The van der Waals surface area contributed by atoms with Crippen LogP contribution in [0.4, 0.5) is 24.8 Å². The van der Waals surface area contributed by atoms with Crippen LogP contribution in [0.1, 0.15) is 38.6 Å². The van der Waals surface area contributed by atoms with E-state index in [1.54, 1.807) is 12.3 Å². The molecule has 13 heteroatoms. The molecule has 3 heterocycles. The van der Waals surface area contributed by atoms with Crippen molar-refractivity contribution in [3.8, 4) is 21.8 Å². The second-order valence-corrected chi connectivity index (χ2v) is 13.2. The van der Waals surface area contributed by atoms with Crippen molar-refractivity contribution in [1.82, 2.24) is 15.0 Å². The normalized spacial score (nSPS) is 15.7. The zero-order chi connectivity index (χ0) is 29.4. The number of ether oxygens (including phenoxy) is 1. The average molecular weight is 604 g/mol. The Morgan fingerprint density at radius 2 is 1.90 bits per heavy atom. The number of benzene rings is 2. The summed E-state index contributed by atoms with van der Waals surface area (Å²) in [4.78, 5) is 13.3. The van der Waals surface area contributed by atoms with Gasteiger partial charge in [-0.15, -0.1) is 11.3 Å². The van der Waals surface area contributed by atoms with Crippen LogP contribution in [0, 0.1) is 17.5 Å². The zero-order valence-electron chi connectivity index (χ0n) is 22.5. The molecule has 8 nitrogen and oxygen atoms in total. The third kappa shape index (κ3) is 6.36. The highest BCUT2D eigenvalue weighted by Gasteiger charge is 2.28.